The highest BCUT2D eigenvalue weighted by molar-refractivity contribution is 9.10. The lowest BCUT2D eigenvalue weighted by Gasteiger charge is -2.17. The van der Waals surface area contributed by atoms with Crippen molar-refractivity contribution in [1.29, 1.82) is 0 Å². The SMILES string of the molecule is COc1ccc(C(N)c2ccc(C)cc2C)cc1Br. The Labute approximate surface area is 122 Å². The topological polar surface area (TPSA) is 35.2 Å². The van der Waals surface area contributed by atoms with Gasteiger partial charge in [0.05, 0.1) is 17.6 Å². The van der Waals surface area contributed by atoms with E-state index >= 15 is 0 Å². The molecule has 0 aromatic heterocycles. The van der Waals surface area contributed by atoms with Crippen LogP contribution in [0.15, 0.2) is 40.9 Å². The fraction of sp³-hybridized carbons (Fsp3) is 0.250. The molecule has 0 fully saturated rings. The van der Waals surface area contributed by atoms with Gasteiger partial charge in [0.2, 0.25) is 0 Å². The summed E-state index contributed by atoms with van der Waals surface area (Å²) in [5, 5.41) is 0. The number of benzene rings is 2. The Morgan fingerprint density at radius 1 is 1.11 bits per heavy atom. The van der Waals surface area contributed by atoms with E-state index in [9.17, 15) is 0 Å². The molecule has 0 aliphatic heterocycles. The van der Waals surface area contributed by atoms with E-state index in [1.165, 1.54) is 11.1 Å². The van der Waals surface area contributed by atoms with Crippen molar-refractivity contribution in [3.63, 3.8) is 0 Å². The van der Waals surface area contributed by atoms with Gasteiger partial charge in [-0.15, -0.1) is 0 Å². The van der Waals surface area contributed by atoms with Crippen LogP contribution < -0.4 is 10.5 Å². The third kappa shape index (κ3) is 2.99. The smallest absolute Gasteiger partial charge is 0.133 e. The molecule has 19 heavy (non-hydrogen) atoms. The highest BCUT2D eigenvalue weighted by Gasteiger charge is 2.13. The zero-order valence-electron chi connectivity index (χ0n) is 11.4. The van der Waals surface area contributed by atoms with E-state index < -0.39 is 0 Å². The highest BCUT2D eigenvalue weighted by atomic mass is 79.9. The van der Waals surface area contributed by atoms with Gasteiger partial charge in [-0.05, 0) is 58.6 Å². The molecule has 1 unspecified atom stereocenters. The minimum absolute atomic E-state index is 0.122. The first-order valence-corrected chi connectivity index (χ1v) is 6.98. The van der Waals surface area contributed by atoms with Gasteiger partial charge in [-0.1, -0.05) is 29.8 Å². The molecule has 2 rings (SSSR count). The number of hydrogen-bond donors (Lipinski definition) is 1. The lowest BCUT2D eigenvalue weighted by molar-refractivity contribution is 0.412. The van der Waals surface area contributed by atoms with E-state index in [0.29, 0.717) is 0 Å². The fourth-order valence-electron chi connectivity index (χ4n) is 2.23. The Bertz CT molecular complexity index is 595. The standard InChI is InChI=1S/C16H18BrNO/c1-10-4-6-13(11(2)8-10)16(18)12-5-7-15(19-3)14(17)9-12/h4-9,16H,18H2,1-3H3. The Hall–Kier alpha value is -1.32. The first kappa shape index (κ1) is 14.1. The Morgan fingerprint density at radius 3 is 2.42 bits per heavy atom. The van der Waals surface area contributed by atoms with Crippen molar-refractivity contribution in [3.05, 3.63) is 63.1 Å². The van der Waals surface area contributed by atoms with Gasteiger partial charge in [-0.3, -0.25) is 0 Å². The van der Waals surface area contributed by atoms with Crippen LogP contribution in [0.4, 0.5) is 0 Å². The quantitative estimate of drug-likeness (QED) is 0.923. The summed E-state index contributed by atoms with van der Waals surface area (Å²) < 4.78 is 6.16. The summed E-state index contributed by atoms with van der Waals surface area (Å²) in [4.78, 5) is 0. The molecular weight excluding hydrogens is 302 g/mol. The lowest BCUT2D eigenvalue weighted by Crippen LogP contribution is -2.13. The lowest BCUT2D eigenvalue weighted by atomic mass is 9.94. The van der Waals surface area contributed by atoms with Crippen LogP contribution in [-0.2, 0) is 0 Å². The van der Waals surface area contributed by atoms with Crippen molar-refractivity contribution in [1.82, 2.24) is 0 Å². The largest absolute Gasteiger partial charge is 0.496 e. The summed E-state index contributed by atoms with van der Waals surface area (Å²) in [6.07, 6.45) is 0. The van der Waals surface area contributed by atoms with Crippen molar-refractivity contribution in [2.24, 2.45) is 5.73 Å². The number of halogens is 1. The normalized spacial score (nSPS) is 12.3. The molecule has 0 saturated carbocycles. The highest BCUT2D eigenvalue weighted by Crippen LogP contribution is 2.30. The molecule has 0 spiro atoms. The summed E-state index contributed by atoms with van der Waals surface area (Å²) in [6.45, 7) is 4.19. The van der Waals surface area contributed by atoms with Crippen molar-refractivity contribution < 1.29 is 4.74 Å². The second-order valence-electron chi connectivity index (χ2n) is 4.73. The van der Waals surface area contributed by atoms with Gasteiger partial charge in [0.25, 0.3) is 0 Å². The van der Waals surface area contributed by atoms with E-state index in [1.54, 1.807) is 7.11 Å². The maximum Gasteiger partial charge on any atom is 0.133 e. The van der Waals surface area contributed by atoms with Crippen LogP contribution in [0, 0.1) is 13.8 Å². The van der Waals surface area contributed by atoms with Gasteiger partial charge >= 0.3 is 0 Å². The number of ether oxygens (including phenoxy) is 1. The predicted octanol–water partition coefficient (Wildman–Crippen LogP) is 4.12. The van der Waals surface area contributed by atoms with Crippen LogP contribution in [0.5, 0.6) is 5.75 Å². The minimum Gasteiger partial charge on any atom is -0.496 e. The minimum atomic E-state index is -0.122. The van der Waals surface area contributed by atoms with Crippen molar-refractivity contribution in [3.8, 4) is 5.75 Å². The molecule has 3 heteroatoms. The van der Waals surface area contributed by atoms with Crippen molar-refractivity contribution in [2.75, 3.05) is 7.11 Å². The first-order chi connectivity index (χ1) is 9.02. The van der Waals surface area contributed by atoms with Gasteiger partial charge in [0, 0.05) is 0 Å². The zero-order valence-corrected chi connectivity index (χ0v) is 13.0. The van der Waals surface area contributed by atoms with Crippen LogP contribution >= 0.6 is 15.9 Å². The van der Waals surface area contributed by atoms with Gasteiger partial charge < -0.3 is 10.5 Å². The molecule has 2 nitrogen and oxygen atoms in total. The predicted molar refractivity (Wildman–Crippen MR) is 82.6 cm³/mol. The van der Waals surface area contributed by atoms with Gasteiger partial charge in [0.1, 0.15) is 5.75 Å². The summed E-state index contributed by atoms with van der Waals surface area (Å²) in [6, 6.07) is 12.2. The summed E-state index contributed by atoms with van der Waals surface area (Å²) >= 11 is 3.50. The fourth-order valence-corrected chi connectivity index (χ4v) is 2.79. The van der Waals surface area contributed by atoms with E-state index in [1.807, 2.05) is 18.2 Å². The van der Waals surface area contributed by atoms with E-state index in [0.717, 1.165) is 21.3 Å². The number of nitrogens with two attached hydrogens (primary N) is 1. The van der Waals surface area contributed by atoms with Crippen molar-refractivity contribution >= 4 is 15.9 Å². The number of rotatable bonds is 3. The van der Waals surface area contributed by atoms with Crippen LogP contribution in [0.25, 0.3) is 0 Å². The molecule has 0 saturated heterocycles. The van der Waals surface area contributed by atoms with Crippen LogP contribution in [-0.4, -0.2) is 7.11 Å². The average Bonchev–Trinajstić information content (AvgIpc) is 2.38. The molecule has 2 aromatic rings. The second-order valence-corrected chi connectivity index (χ2v) is 5.59. The van der Waals surface area contributed by atoms with Crippen molar-refractivity contribution in [2.45, 2.75) is 19.9 Å². The summed E-state index contributed by atoms with van der Waals surface area (Å²) in [5.41, 5.74) is 11.1. The maximum absolute atomic E-state index is 6.37. The third-order valence-electron chi connectivity index (χ3n) is 3.30. The third-order valence-corrected chi connectivity index (χ3v) is 3.92. The average molecular weight is 320 g/mol. The molecule has 2 N–H and O–H groups in total. The molecule has 100 valence electrons. The number of methoxy groups -OCH3 is 1. The Morgan fingerprint density at radius 2 is 1.84 bits per heavy atom. The van der Waals surface area contributed by atoms with E-state index in [2.05, 4.69) is 48.0 Å². The second kappa shape index (κ2) is 5.76. The molecule has 0 amide bonds. The Balaban J connectivity index is 2.38. The van der Waals surface area contributed by atoms with Crippen LogP contribution in [0.1, 0.15) is 28.3 Å². The molecule has 0 radical (unpaired) electrons. The van der Waals surface area contributed by atoms with Gasteiger partial charge in [-0.25, -0.2) is 0 Å². The molecular formula is C16H18BrNO. The van der Waals surface area contributed by atoms with E-state index in [-0.39, 0.29) is 6.04 Å². The van der Waals surface area contributed by atoms with Gasteiger partial charge in [0.15, 0.2) is 0 Å². The molecule has 0 aliphatic rings. The summed E-state index contributed by atoms with van der Waals surface area (Å²) in [7, 11) is 1.66. The molecule has 0 aliphatic carbocycles. The maximum atomic E-state index is 6.37. The molecule has 1 atom stereocenters. The van der Waals surface area contributed by atoms with E-state index in [4.69, 9.17) is 10.5 Å². The first-order valence-electron chi connectivity index (χ1n) is 6.19. The summed E-state index contributed by atoms with van der Waals surface area (Å²) in [5.74, 6) is 0.816. The molecule has 0 heterocycles. The van der Waals surface area contributed by atoms with Gasteiger partial charge in [-0.2, -0.15) is 0 Å². The number of aryl methyl sites for hydroxylation is 2. The Kier molecular flexibility index (Phi) is 4.27. The zero-order chi connectivity index (χ0) is 14.0. The van der Waals surface area contributed by atoms with Crippen LogP contribution in [0.2, 0.25) is 0 Å². The molecule has 0 bridgehead atoms. The molecule has 2 aromatic carbocycles. The monoisotopic (exact) mass is 319 g/mol. The van der Waals surface area contributed by atoms with Crippen LogP contribution in [0.3, 0.4) is 0 Å². The number of hydrogen-bond acceptors (Lipinski definition) is 2.